The Labute approximate surface area is 160 Å². The molecule has 0 unspecified atom stereocenters. The fourth-order valence-corrected chi connectivity index (χ4v) is 8.93. The second-order valence-corrected chi connectivity index (χ2v) is 12.6. The lowest BCUT2D eigenvalue weighted by molar-refractivity contribution is -0.384. The highest BCUT2D eigenvalue weighted by Gasteiger charge is 2.34. The molecule has 1 aromatic heterocycles. The number of nitro groups is 1. The molecule has 0 bridgehead atoms. The van der Waals surface area contributed by atoms with Gasteiger partial charge in [-0.25, -0.2) is 21.8 Å². The van der Waals surface area contributed by atoms with E-state index in [0.29, 0.717) is 29.0 Å². The number of rotatable bonds is 4. The highest BCUT2D eigenvalue weighted by atomic mass is 32.2. The van der Waals surface area contributed by atoms with Gasteiger partial charge in [-0.2, -0.15) is 0 Å². The van der Waals surface area contributed by atoms with E-state index in [1.807, 2.05) is 4.57 Å². The van der Waals surface area contributed by atoms with Crippen LogP contribution in [0.15, 0.2) is 23.4 Å². The molecule has 2 fully saturated rings. The molecule has 1 aromatic carbocycles. The van der Waals surface area contributed by atoms with Gasteiger partial charge in [0.1, 0.15) is 0 Å². The maximum Gasteiger partial charge on any atom is 0.271 e. The van der Waals surface area contributed by atoms with E-state index in [0.717, 1.165) is 0 Å². The predicted molar refractivity (Wildman–Crippen MR) is 102 cm³/mol. The lowest BCUT2D eigenvalue weighted by Gasteiger charge is -2.16. The van der Waals surface area contributed by atoms with Crippen molar-refractivity contribution >= 4 is 48.2 Å². The number of nitro benzene ring substituents is 1. The number of fused-ring (bicyclic) bond motifs is 1. The molecule has 0 N–H and O–H groups in total. The summed E-state index contributed by atoms with van der Waals surface area (Å²) < 4.78 is 49.2. The Morgan fingerprint density at radius 2 is 1.81 bits per heavy atom. The Balaban J connectivity index is 1.78. The molecule has 2 saturated heterocycles. The predicted octanol–water partition coefficient (Wildman–Crippen LogP) is 1.58. The van der Waals surface area contributed by atoms with E-state index in [4.69, 9.17) is 0 Å². The van der Waals surface area contributed by atoms with Crippen molar-refractivity contribution in [3.05, 3.63) is 28.3 Å². The number of hydrogen-bond donors (Lipinski definition) is 0. The second kappa shape index (κ2) is 6.45. The maximum atomic E-state index is 11.9. The van der Waals surface area contributed by atoms with E-state index in [1.54, 1.807) is 6.07 Å². The summed E-state index contributed by atoms with van der Waals surface area (Å²) in [6.45, 7) is 0. The molecular formula is C15H17N3O6S3. The van der Waals surface area contributed by atoms with Crippen LogP contribution in [0.3, 0.4) is 0 Å². The first-order valence-corrected chi connectivity index (χ1v) is 12.9. The molecule has 146 valence electrons. The Morgan fingerprint density at radius 3 is 2.41 bits per heavy atom. The smallest absolute Gasteiger partial charge is 0.271 e. The lowest BCUT2D eigenvalue weighted by Crippen LogP contribution is -2.14. The maximum absolute atomic E-state index is 11.9. The van der Waals surface area contributed by atoms with Crippen molar-refractivity contribution in [2.75, 3.05) is 23.0 Å². The summed E-state index contributed by atoms with van der Waals surface area (Å²) >= 11 is 1.32. The van der Waals surface area contributed by atoms with Crippen LogP contribution in [0, 0.1) is 10.1 Å². The van der Waals surface area contributed by atoms with Crippen molar-refractivity contribution < 1.29 is 21.8 Å². The van der Waals surface area contributed by atoms with Crippen LogP contribution in [0.5, 0.6) is 0 Å². The van der Waals surface area contributed by atoms with Crippen molar-refractivity contribution in [2.24, 2.45) is 0 Å². The first kappa shape index (κ1) is 18.7. The molecule has 2 atom stereocenters. The minimum atomic E-state index is -3.14. The average molecular weight is 432 g/mol. The van der Waals surface area contributed by atoms with Crippen LogP contribution in [0.25, 0.3) is 11.0 Å². The van der Waals surface area contributed by atoms with E-state index in [-0.39, 0.29) is 40.0 Å². The molecule has 0 saturated carbocycles. The third kappa shape index (κ3) is 3.69. The number of benzene rings is 1. The van der Waals surface area contributed by atoms with Gasteiger partial charge < -0.3 is 4.57 Å². The van der Waals surface area contributed by atoms with Gasteiger partial charge in [-0.1, -0.05) is 11.8 Å². The van der Waals surface area contributed by atoms with Gasteiger partial charge in [0.15, 0.2) is 24.8 Å². The topological polar surface area (TPSA) is 129 Å². The number of thioether (sulfide) groups is 1. The molecule has 9 nitrogen and oxygen atoms in total. The number of nitrogens with zero attached hydrogens (tertiary/aromatic N) is 3. The zero-order chi connectivity index (χ0) is 19.4. The third-order valence-electron chi connectivity index (χ3n) is 4.89. The van der Waals surface area contributed by atoms with Crippen molar-refractivity contribution in [1.29, 1.82) is 0 Å². The molecule has 2 aromatic rings. The summed E-state index contributed by atoms with van der Waals surface area (Å²) in [6, 6.07) is 4.02. The van der Waals surface area contributed by atoms with Crippen LogP contribution in [0.1, 0.15) is 18.9 Å². The Kier molecular flexibility index (Phi) is 4.47. The number of imidazole rings is 1. The number of hydrogen-bond acceptors (Lipinski definition) is 8. The Morgan fingerprint density at radius 1 is 1.11 bits per heavy atom. The average Bonchev–Trinajstić information content (AvgIpc) is 3.21. The Bertz CT molecular complexity index is 1140. The van der Waals surface area contributed by atoms with E-state index < -0.39 is 24.6 Å². The van der Waals surface area contributed by atoms with Crippen LogP contribution in [-0.4, -0.2) is 59.6 Å². The second-order valence-electron chi connectivity index (χ2n) is 6.89. The Hall–Kier alpha value is -1.66. The van der Waals surface area contributed by atoms with Crippen LogP contribution in [0.2, 0.25) is 0 Å². The molecule has 0 radical (unpaired) electrons. The van der Waals surface area contributed by atoms with Crippen molar-refractivity contribution in [1.82, 2.24) is 9.55 Å². The summed E-state index contributed by atoms with van der Waals surface area (Å²) in [4.78, 5) is 15.0. The molecule has 12 heteroatoms. The fraction of sp³-hybridized carbons (Fsp3) is 0.533. The molecule has 3 heterocycles. The van der Waals surface area contributed by atoms with Crippen LogP contribution in [-0.2, 0) is 19.7 Å². The molecule has 0 spiro atoms. The first-order valence-electron chi connectivity index (χ1n) is 8.37. The van der Waals surface area contributed by atoms with Gasteiger partial charge in [-0.3, -0.25) is 10.1 Å². The minimum absolute atomic E-state index is 0.00796. The highest BCUT2D eigenvalue weighted by Crippen LogP contribution is 2.38. The standard InChI is InChI=1S/C15H17N3O6S3/c19-18(20)10-1-2-14-13(7-10)16-15(25-12-4-6-27(23,24)9-12)17(14)11-3-5-26(21,22)8-11/h1-2,7,11-12H,3-6,8-9H2/t11-,12-/m1/s1. The summed E-state index contributed by atoms with van der Waals surface area (Å²) in [5.41, 5.74) is 0.953. The number of non-ortho nitro benzene ring substituents is 1. The summed E-state index contributed by atoms with van der Waals surface area (Å²) in [6.07, 6.45) is 0.959. The molecular weight excluding hydrogens is 414 g/mol. The third-order valence-corrected chi connectivity index (χ3v) is 9.85. The van der Waals surface area contributed by atoms with Crippen LogP contribution >= 0.6 is 11.8 Å². The van der Waals surface area contributed by atoms with Gasteiger partial charge in [0.25, 0.3) is 5.69 Å². The minimum Gasteiger partial charge on any atom is -0.315 e. The lowest BCUT2D eigenvalue weighted by atomic mass is 10.2. The number of aromatic nitrogens is 2. The van der Waals surface area contributed by atoms with Crippen LogP contribution in [0.4, 0.5) is 5.69 Å². The largest absolute Gasteiger partial charge is 0.315 e. The van der Waals surface area contributed by atoms with Gasteiger partial charge in [0, 0.05) is 17.4 Å². The molecule has 27 heavy (non-hydrogen) atoms. The van der Waals surface area contributed by atoms with Crippen molar-refractivity contribution in [3.63, 3.8) is 0 Å². The summed E-state index contributed by atoms with van der Waals surface area (Å²) in [5, 5.41) is 11.4. The zero-order valence-corrected chi connectivity index (χ0v) is 16.6. The van der Waals surface area contributed by atoms with E-state index in [9.17, 15) is 26.9 Å². The molecule has 2 aliphatic heterocycles. The summed E-state index contributed by atoms with van der Waals surface area (Å²) in [5.74, 6) is 0.274. The van der Waals surface area contributed by atoms with E-state index >= 15 is 0 Å². The quantitative estimate of drug-likeness (QED) is 0.527. The van der Waals surface area contributed by atoms with Crippen LogP contribution < -0.4 is 0 Å². The summed E-state index contributed by atoms with van der Waals surface area (Å²) in [7, 11) is -6.19. The van der Waals surface area contributed by atoms with Crippen molar-refractivity contribution in [2.45, 2.75) is 29.3 Å². The van der Waals surface area contributed by atoms with Gasteiger partial charge in [0.2, 0.25) is 0 Å². The fourth-order valence-electron chi connectivity index (χ4n) is 3.60. The van der Waals surface area contributed by atoms with Gasteiger partial charge in [-0.05, 0) is 18.9 Å². The molecule has 2 aliphatic rings. The zero-order valence-electron chi connectivity index (χ0n) is 14.1. The first-order chi connectivity index (χ1) is 12.6. The normalized spacial score (nSPS) is 26.5. The molecule has 0 amide bonds. The van der Waals surface area contributed by atoms with E-state index in [1.165, 1.54) is 23.9 Å². The highest BCUT2D eigenvalue weighted by molar-refractivity contribution is 8.01. The van der Waals surface area contributed by atoms with Gasteiger partial charge in [-0.15, -0.1) is 0 Å². The van der Waals surface area contributed by atoms with Gasteiger partial charge in [0.05, 0.1) is 45.0 Å². The molecule has 4 rings (SSSR count). The SMILES string of the molecule is O=[N+]([O-])c1ccc2c(c1)nc(S[C@@H]1CCS(=O)(=O)C1)n2[C@@H]1CCS(=O)(=O)C1. The molecule has 0 aliphatic carbocycles. The van der Waals surface area contributed by atoms with E-state index in [2.05, 4.69) is 4.98 Å². The van der Waals surface area contributed by atoms with Gasteiger partial charge >= 0.3 is 0 Å². The van der Waals surface area contributed by atoms with Crippen molar-refractivity contribution in [3.8, 4) is 0 Å². The number of sulfone groups is 2. The monoisotopic (exact) mass is 431 g/mol.